The molecular weight excluding hydrogens is 758 g/mol. The lowest BCUT2D eigenvalue weighted by atomic mass is 10.2. The third kappa shape index (κ3) is 12.4. The van der Waals surface area contributed by atoms with Gasteiger partial charge in [0, 0.05) is 35.2 Å². The molecule has 6 N–H and O–H groups in total. The molecule has 18 nitrogen and oxygen atoms in total. The van der Waals surface area contributed by atoms with Crippen LogP contribution >= 0.6 is 67.6 Å². The minimum absolute atomic E-state index is 0.0343. The predicted molar refractivity (Wildman–Crippen MR) is 149 cm³/mol. The van der Waals surface area contributed by atoms with Crippen LogP contribution in [0.1, 0.15) is 25.1 Å². The summed E-state index contributed by atoms with van der Waals surface area (Å²) in [4.78, 5) is 74.1. The molecule has 0 spiro atoms. The Morgan fingerprint density at radius 3 is 2.55 bits per heavy atom. The summed E-state index contributed by atoms with van der Waals surface area (Å²) in [6.45, 7) is 0.814. The van der Waals surface area contributed by atoms with Gasteiger partial charge in [0.05, 0.1) is 19.3 Å². The Balaban J connectivity index is 2.26. The Morgan fingerprint density at radius 2 is 1.95 bits per heavy atom. The van der Waals surface area contributed by atoms with E-state index in [2.05, 4.69) is 35.3 Å². The molecule has 0 aliphatic carbocycles. The van der Waals surface area contributed by atoms with Crippen molar-refractivity contribution in [2.75, 3.05) is 19.4 Å². The summed E-state index contributed by atoms with van der Waals surface area (Å²) in [5.41, 5.74) is -2.25. The molecule has 1 saturated heterocycles. The lowest BCUT2D eigenvalue weighted by Crippen LogP contribution is -2.33. The average Bonchev–Trinajstić information content (AvgIpc) is 3.16. The molecule has 1 aliphatic rings. The summed E-state index contributed by atoms with van der Waals surface area (Å²) in [5.74, 6) is 5.07. The molecule has 2 rings (SSSR count). The van der Waals surface area contributed by atoms with Gasteiger partial charge in [-0.15, -0.1) is 0 Å². The maximum atomic E-state index is 12.5. The molecule has 0 saturated carbocycles. The van der Waals surface area contributed by atoms with Gasteiger partial charge in [0.2, 0.25) is 0 Å². The van der Waals surface area contributed by atoms with Crippen LogP contribution in [0.3, 0.4) is 0 Å². The third-order valence-electron chi connectivity index (χ3n) is 4.41. The molecule has 0 bridgehead atoms. The number of hydrogen-bond donors (Lipinski definition) is 6. The third-order valence-corrected chi connectivity index (χ3v) is 10.6. The highest BCUT2D eigenvalue weighted by atomic mass is 127. The summed E-state index contributed by atoms with van der Waals surface area (Å²) >= 11 is 1.50. The number of nitrogens with zero attached hydrogens (tertiary/aromatic N) is 1. The lowest BCUT2D eigenvalue weighted by Gasteiger charge is -2.23. The van der Waals surface area contributed by atoms with E-state index in [-0.39, 0.29) is 22.4 Å². The first-order valence-corrected chi connectivity index (χ1v) is 18.7. The second-order valence-corrected chi connectivity index (χ2v) is 15.6. The van der Waals surface area contributed by atoms with Gasteiger partial charge in [-0.3, -0.25) is 23.7 Å². The minimum Gasteiger partial charge on any atom is -0.361 e. The fraction of sp³-hybridized carbons (Fsp3) is 0.562. The molecule has 2 heterocycles. The van der Waals surface area contributed by atoms with Crippen LogP contribution in [0.4, 0.5) is 4.79 Å². The topological polar surface area (TPSA) is 262 Å². The molecule has 1 fully saturated rings. The summed E-state index contributed by atoms with van der Waals surface area (Å²) in [6, 6.07) is 0. The van der Waals surface area contributed by atoms with Gasteiger partial charge in [-0.1, -0.05) is 33.4 Å². The number of carbonyl (C=O) groups excluding carboxylic acids is 1. The van der Waals surface area contributed by atoms with Gasteiger partial charge >= 0.3 is 29.2 Å². The number of carbonyl (C=O) groups is 1. The normalized spacial score (nSPS) is 22.9. The van der Waals surface area contributed by atoms with E-state index in [0.29, 0.717) is 0 Å². The second-order valence-electron chi connectivity index (χ2n) is 7.40. The molecule has 6 atom stereocenters. The first-order valence-electron chi connectivity index (χ1n) is 10.5. The van der Waals surface area contributed by atoms with Crippen LogP contribution in [0.15, 0.2) is 15.8 Å². The van der Waals surface area contributed by atoms with E-state index < -0.39 is 65.2 Å². The summed E-state index contributed by atoms with van der Waals surface area (Å²) in [6.07, 6.45) is -0.310. The van der Waals surface area contributed by atoms with Crippen LogP contribution in [0, 0.1) is 11.8 Å². The van der Waals surface area contributed by atoms with Gasteiger partial charge in [0.15, 0.2) is 0 Å². The maximum Gasteiger partial charge on any atom is 0.490 e. The number of amides is 1. The van der Waals surface area contributed by atoms with Crippen molar-refractivity contribution in [3.8, 4) is 11.8 Å². The van der Waals surface area contributed by atoms with E-state index >= 15 is 0 Å². The average molecular weight is 781 g/mol. The smallest absolute Gasteiger partial charge is 0.361 e. The van der Waals surface area contributed by atoms with Gasteiger partial charge in [-0.2, -0.15) is 8.62 Å². The Bertz CT molecular complexity index is 1390. The van der Waals surface area contributed by atoms with E-state index in [1.54, 1.807) is 13.2 Å². The standard InChI is InChI=1S/C16H23IN3O15P3S2/c1-9(40-39-2)32-11-6-13(20-7-10(14(21)19-16(20)23)4-3-5-18-15(17)22)33-12(11)8-31-37(27,28)35-38(29,30)34-36(24,25)26/h7,9,11-13H,5-6,8H2,1-2H3,(H,18,22)(H,27,28)(H,29,30)(H,19,21,23)(H2,24,25,26). The largest absolute Gasteiger partial charge is 0.490 e. The maximum absolute atomic E-state index is 12.5. The summed E-state index contributed by atoms with van der Waals surface area (Å²) in [7, 11) is -14.1. The van der Waals surface area contributed by atoms with Gasteiger partial charge in [0.1, 0.15) is 23.3 Å². The molecule has 1 amide bonds. The number of nitrogens with one attached hydrogen (secondary N) is 2. The van der Waals surface area contributed by atoms with E-state index in [4.69, 9.17) is 19.3 Å². The van der Waals surface area contributed by atoms with Gasteiger partial charge in [-0.05, 0) is 13.2 Å². The fourth-order valence-corrected chi connectivity index (χ4v) is 7.71. The van der Waals surface area contributed by atoms with Crippen LogP contribution in [-0.4, -0.2) is 70.1 Å². The van der Waals surface area contributed by atoms with Crippen molar-refractivity contribution >= 4 is 71.6 Å². The summed E-state index contributed by atoms with van der Waals surface area (Å²) < 4.78 is 58.9. The number of hydrogen-bond acceptors (Lipinski definition) is 13. The zero-order valence-corrected chi connectivity index (χ0v) is 26.7. The number of rotatable bonds is 13. The van der Waals surface area contributed by atoms with Crippen LogP contribution in [0.25, 0.3) is 0 Å². The molecule has 1 aromatic rings. The first-order chi connectivity index (χ1) is 18.4. The van der Waals surface area contributed by atoms with Crippen molar-refractivity contribution in [1.82, 2.24) is 14.9 Å². The van der Waals surface area contributed by atoms with Crippen LogP contribution in [0.5, 0.6) is 0 Å². The van der Waals surface area contributed by atoms with Crippen molar-refractivity contribution < 1.29 is 60.7 Å². The van der Waals surface area contributed by atoms with Crippen molar-refractivity contribution in [2.24, 2.45) is 0 Å². The quantitative estimate of drug-likeness (QED) is 0.0314. The molecule has 1 aromatic heterocycles. The number of halogens is 1. The zero-order valence-electron chi connectivity index (χ0n) is 20.3. The predicted octanol–water partition coefficient (Wildman–Crippen LogP) is 1.41. The SMILES string of the molecule is CSSC(C)OC1CC(n2cc(C#CCNC(=O)I)c(=O)[nH]c2=O)OC1COP(=O)(O)OP(=O)(O)OP(=O)(O)O. The fourth-order valence-electron chi connectivity index (χ4n) is 3.08. The van der Waals surface area contributed by atoms with Crippen molar-refractivity contribution in [2.45, 2.75) is 37.2 Å². The number of phosphoric ester groups is 1. The van der Waals surface area contributed by atoms with Crippen molar-refractivity contribution in [1.29, 1.82) is 0 Å². The molecule has 6 unspecified atom stereocenters. The molecule has 0 radical (unpaired) electrons. The van der Waals surface area contributed by atoms with Crippen LogP contribution in [-0.2, 0) is 36.3 Å². The Kier molecular flexibility index (Phi) is 13.6. The molecule has 40 heavy (non-hydrogen) atoms. The minimum atomic E-state index is -5.73. The molecule has 1 aliphatic heterocycles. The van der Waals surface area contributed by atoms with Crippen LogP contribution < -0.4 is 16.6 Å². The highest BCUT2D eigenvalue weighted by Crippen LogP contribution is 2.66. The number of ether oxygens (including phenoxy) is 2. The van der Waals surface area contributed by atoms with Gasteiger partial charge < -0.3 is 34.4 Å². The first kappa shape index (κ1) is 35.7. The Hall–Kier alpha value is -0.530. The van der Waals surface area contributed by atoms with E-state index in [9.17, 15) is 37.9 Å². The van der Waals surface area contributed by atoms with E-state index in [0.717, 1.165) is 10.8 Å². The van der Waals surface area contributed by atoms with E-state index in [1.807, 2.05) is 0 Å². The Labute approximate surface area is 247 Å². The lowest BCUT2D eigenvalue weighted by molar-refractivity contribution is -0.0633. The Morgan fingerprint density at radius 1 is 1.27 bits per heavy atom. The highest BCUT2D eigenvalue weighted by Gasteiger charge is 2.44. The number of phosphoric acid groups is 3. The second kappa shape index (κ2) is 15.3. The molecule has 226 valence electrons. The van der Waals surface area contributed by atoms with Crippen LogP contribution in [0.2, 0.25) is 0 Å². The molecule has 0 aromatic carbocycles. The summed E-state index contributed by atoms with van der Waals surface area (Å²) in [5, 5.41) is 2.41. The number of aromatic amines is 1. The monoisotopic (exact) mass is 781 g/mol. The van der Waals surface area contributed by atoms with Crippen molar-refractivity contribution in [3.05, 3.63) is 32.6 Å². The molecular formula is C16H23IN3O15P3S2. The number of aromatic nitrogens is 2. The number of H-pyrrole nitrogens is 1. The van der Waals surface area contributed by atoms with Crippen molar-refractivity contribution in [3.63, 3.8) is 0 Å². The van der Waals surface area contributed by atoms with E-state index in [1.165, 1.54) is 44.2 Å². The highest BCUT2D eigenvalue weighted by molar-refractivity contribution is 14.1. The van der Waals surface area contributed by atoms with Gasteiger partial charge in [-0.25, -0.2) is 18.5 Å². The molecule has 24 heteroatoms. The van der Waals surface area contributed by atoms with Gasteiger partial charge in [0.25, 0.3) is 9.47 Å². The zero-order chi connectivity index (χ0) is 30.3.